The van der Waals surface area contributed by atoms with Gasteiger partial charge in [-0.05, 0) is 39.0 Å². The van der Waals surface area contributed by atoms with Crippen LogP contribution in [0.3, 0.4) is 0 Å². The van der Waals surface area contributed by atoms with E-state index in [1.165, 1.54) is 12.1 Å². The Hall–Kier alpha value is -3.55. The summed E-state index contributed by atoms with van der Waals surface area (Å²) in [5.41, 5.74) is 1.70. The number of nitrogens with one attached hydrogen (secondary N) is 1. The topological polar surface area (TPSA) is 107 Å². The summed E-state index contributed by atoms with van der Waals surface area (Å²) < 4.78 is 5.20. The molecular weight excluding hydrogens is 348 g/mol. The van der Waals surface area contributed by atoms with Crippen LogP contribution in [-0.4, -0.2) is 26.6 Å². The SMILES string of the molecule is CC(C)(C)OC(=O)Nc1cc(-c2cnc3ccccc3n2)cc([N+](=O)[O-])c1. The predicted octanol–water partition coefficient (Wildman–Crippen LogP) is 4.55. The van der Waals surface area contributed by atoms with E-state index in [1.807, 2.05) is 24.3 Å². The minimum absolute atomic E-state index is 0.173. The highest BCUT2D eigenvalue weighted by Gasteiger charge is 2.18. The summed E-state index contributed by atoms with van der Waals surface area (Å²) in [5, 5.41) is 13.8. The Morgan fingerprint density at radius 3 is 2.52 bits per heavy atom. The second kappa shape index (κ2) is 6.99. The number of non-ortho nitro benzene ring substituents is 1. The summed E-state index contributed by atoms with van der Waals surface area (Å²) >= 11 is 0. The zero-order chi connectivity index (χ0) is 19.6. The average molecular weight is 366 g/mol. The number of benzene rings is 2. The highest BCUT2D eigenvalue weighted by molar-refractivity contribution is 5.87. The van der Waals surface area contributed by atoms with Crippen LogP contribution >= 0.6 is 0 Å². The Morgan fingerprint density at radius 1 is 1.15 bits per heavy atom. The number of fused-ring (bicyclic) bond motifs is 1. The molecule has 3 aromatic rings. The molecule has 0 aliphatic heterocycles. The third kappa shape index (κ3) is 4.55. The van der Waals surface area contributed by atoms with Crippen LogP contribution in [0.2, 0.25) is 0 Å². The van der Waals surface area contributed by atoms with Crippen molar-refractivity contribution >= 4 is 28.5 Å². The Morgan fingerprint density at radius 2 is 1.85 bits per heavy atom. The summed E-state index contributed by atoms with van der Waals surface area (Å²) in [4.78, 5) is 31.6. The maximum Gasteiger partial charge on any atom is 0.412 e. The number of anilines is 1. The van der Waals surface area contributed by atoms with Crippen molar-refractivity contribution in [1.29, 1.82) is 0 Å². The monoisotopic (exact) mass is 366 g/mol. The fraction of sp³-hybridized carbons (Fsp3) is 0.211. The van der Waals surface area contributed by atoms with Crippen molar-refractivity contribution in [3.8, 4) is 11.3 Å². The molecular formula is C19H18N4O4. The molecule has 1 amide bonds. The van der Waals surface area contributed by atoms with E-state index in [-0.39, 0.29) is 11.4 Å². The molecule has 27 heavy (non-hydrogen) atoms. The number of nitro benzene ring substituents is 1. The molecule has 1 N–H and O–H groups in total. The molecule has 0 radical (unpaired) electrons. The number of hydrogen-bond acceptors (Lipinski definition) is 6. The number of hydrogen-bond donors (Lipinski definition) is 1. The van der Waals surface area contributed by atoms with Crippen molar-refractivity contribution in [3.05, 3.63) is 58.8 Å². The molecule has 0 fully saturated rings. The lowest BCUT2D eigenvalue weighted by Crippen LogP contribution is -2.27. The fourth-order valence-corrected chi connectivity index (χ4v) is 2.45. The first-order valence-electron chi connectivity index (χ1n) is 8.23. The second-order valence-corrected chi connectivity index (χ2v) is 6.90. The number of nitrogens with zero attached hydrogens (tertiary/aromatic N) is 3. The molecule has 0 atom stereocenters. The first kappa shape index (κ1) is 18.2. The standard InChI is InChI=1S/C19H18N4O4/c1-19(2,3)27-18(24)21-13-8-12(9-14(10-13)23(25)26)17-11-20-15-6-4-5-7-16(15)22-17/h4-11H,1-3H3,(H,21,24). The van der Waals surface area contributed by atoms with Crippen molar-refractivity contribution in [2.75, 3.05) is 5.32 Å². The quantitative estimate of drug-likeness (QED) is 0.538. The van der Waals surface area contributed by atoms with Gasteiger partial charge in [-0.25, -0.2) is 9.78 Å². The second-order valence-electron chi connectivity index (χ2n) is 6.90. The van der Waals surface area contributed by atoms with Crippen LogP contribution in [0, 0.1) is 10.1 Å². The van der Waals surface area contributed by atoms with Gasteiger partial charge < -0.3 is 4.74 Å². The van der Waals surface area contributed by atoms with Gasteiger partial charge in [0.1, 0.15) is 5.60 Å². The molecule has 2 aromatic carbocycles. The Labute approximate surface area is 155 Å². The fourth-order valence-electron chi connectivity index (χ4n) is 2.45. The normalized spacial score (nSPS) is 11.2. The summed E-state index contributed by atoms with van der Waals surface area (Å²) in [7, 11) is 0. The molecule has 0 aliphatic rings. The number of para-hydroxylation sites is 2. The molecule has 3 rings (SSSR count). The molecule has 0 aliphatic carbocycles. The average Bonchev–Trinajstić information content (AvgIpc) is 2.59. The Bertz CT molecular complexity index is 1030. The van der Waals surface area contributed by atoms with E-state index in [0.717, 1.165) is 5.52 Å². The van der Waals surface area contributed by atoms with E-state index in [1.54, 1.807) is 33.0 Å². The van der Waals surface area contributed by atoms with Crippen LogP contribution in [0.4, 0.5) is 16.2 Å². The van der Waals surface area contributed by atoms with E-state index < -0.39 is 16.6 Å². The first-order chi connectivity index (χ1) is 12.7. The van der Waals surface area contributed by atoms with Crippen LogP contribution in [0.1, 0.15) is 20.8 Å². The first-order valence-corrected chi connectivity index (χ1v) is 8.23. The van der Waals surface area contributed by atoms with E-state index in [9.17, 15) is 14.9 Å². The van der Waals surface area contributed by atoms with Gasteiger partial charge in [-0.1, -0.05) is 12.1 Å². The molecule has 0 spiro atoms. The van der Waals surface area contributed by atoms with Gasteiger partial charge in [-0.3, -0.25) is 20.4 Å². The van der Waals surface area contributed by atoms with Crippen molar-refractivity contribution in [2.45, 2.75) is 26.4 Å². The van der Waals surface area contributed by atoms with Gasteiger partial charge in [-0.2, -0.15) is 0 Å². The highest BCUT2D eigenvalue weighted by atomic mass is 16.6. The number of amides is 1. The van der Waals surface area contributed by atoms with Crippen LogP contribution in [0.15, 0.2) is 48.7 Å². The smallest absolute Gasteiger partial charge is 0.412 e. The third-order valence-electron chi connectivity index (χ3n) is 3.52. The number of aromatic nitrogens is 2. The molecule has 1 aromatic heterocycles. The van der Waals surface area contributed by atoms with Crippen molar-refractivity contribution in [3.63, 3.8) is 0 Å². The number of nitro groups is 1. The number of carbonyl (C=O) groups excluding carboxylic acids is 1. The van der Waals surface area contributed by atoms with Gasteiger partial charge in [0.05, 0.1) is 33.5 Å². The molecule has 0 bridgehead atoms. The summed E-state index contributed by atoms with van der Waals surface area (Å²) in [5.74, 6) is 0. The Balaban J connectivity index is 2.00. The lowest BCUT2D eigenvalue weighted by molar-refractivity contribution is -0.384. The van der Waals surface area contributed by atoms with Gasteiger partial charge in [0.15, 0.2) is 0 Å². The lowest BCUT2D eigenvalue weighted by atomic mass is 10.1. The maximum absolute atomic E-state index is 12.0. The molecule has 8 heteroatoms. The van der Waals surface area contributed by atoms with Crippen LogP contribution in [0.5, 0.6) is 0 Å². The molecule has 1 heterocycles. The van der Waals surface area contributed by atoms with Gasteiger partial charge in [0.2, 0.25) is 0 Å². The zero-order valence-electron chi connectivity index (χ0n) is 15.1. The van der Waals surface area contributed by atoms with Gasteiger partial charge in [0, 0.05) is 17.7 Å². The van der Waals surface area contributed by atoms with Crippen molar-refractivity contribution in [2.24, 2.45) is 0 Å². The molecule has 0 saturated heterocycles. The number of carbonyl (C=O) groups is 1. The lowest BCUT2D eigenvalue weighted by Gasteiger charge is -2.19. The van der Waals surface area contributed by atoms with Crippen LogP contribution in [-0.2, 0) is 4.74 Å². The minimum atomic E-state index is -0.696. The molecule has 0 unspecified atom stereocenters. The summed E-state index contributed by atoms with van der Waals surface area (Å²) in [6.07, 6.45) is 0.845. The van der Waals surface area contributed by atoms with Crippen LogP contribution < -0.4 is 5.32 Å². The number of rotatable bonds is 3. The Kier molecular flexibility index (Phi) is 4.72. The van der Waals surface area contributed by atoms with Gasteiger partial charge >= 0.3 is 6.09 Å². The van der Waals surface area contributed by atoms with E-state index in [2.05, 4.69) is 15.3 Å². The largest absolute Gasteiger partial charge is 0.444 e. The van der Waals surface area contributed by atoms with Crippen molar-refractivity contribution < 1.29 is 14.5 Å². The number of ether oxygens (including phenoxy) is 1. The minimum Gasteiger partial charge on any atom is -0.444 e. The van der Waals surface area contributed by atoms with E-state index in [0.29, 0.717) is 16.8 Å². The zero-order valence-corrected chi connectivity index (χ0v) is 15.1. The summed E-state index contributed by atoms with van der Waals surface area (Å²) in [6, 6.07) is 11.6. The molecule has 0 saturated carbocycles. The molecule has 138 valence electrons. The van der Waals surface area contributed by atoms with E-state index >= 15 is 0 Å². The predicted molar refractivity (Wildman–Crippen MR) is 101 cm³/mol. The van der Waals surface area contributed by atoms with Crippen molar-refractivity contribution in [1.82, 2.24) is 9.97 Å². The van der Waals surface area contributed by atoms with Gasteiger partial charge in [0.25, 0.3) is 5.69 Å². The van der Waals surface area contributed by atoms with Gasteiger partial charge in [-0.15, -0.1) is 0 Å². The highest BCUT2D eigenvalue weighted by Crippen LogP contribution is 2.28. The summed E-state index contributed by atoms with van der Waals surface area (Å²) in [6.45, 7) is 5.20. The van der Waals surface area contributed by atoms with Crippen LogP contribution in [0.25, 0.3) is 22.3 Å². The third-order valence-corrected chi connectivity index (χ3v) is 3.52. The van der Waals surface area contributed by atoms with E-state index in [4.69, 9.17) is 4.74 Å². The molecule has 8 nitrogen and oxygen atoms in total. The maximum atomic E-state index is 12.0.